The summed E-state index contributed by atoms with van der Waals surface area (Å²) < 4.78 is 5.32. The molecule has 2 rings (SSSR count). The van der Waals surface area contributed by atoms with Crippen LogP contribution < -0.4 is 4.74 Å². The summed E-state index contributed by atoms with van der Waals surface area (Å²) in [5.74, 6) is 2.05. The predicted molar refractivity (Wildman–Crippen MR) is 102 cm³/mol. The molecule has 24 heavy (non-hydrogen) atoms. The van der Waals surface area contributed by atoms with Gasteiger partial charge < -0.3 is 9.84 Å². The molecule has 0 amide bonds. The Bertz CT molecular complexity index is 683. The van der Waals surface area contributed by atoms with Crippen molar-refractivity contribution in [2.24, 2.45) is 0 Å². The Balaban J connectivity index is 2.80. The Kier molecular flexibility index (Phi) is 5.58. The van der Waals surface area contributed by atoms with E-state index in [2.05, 4.69) is 53.7 Å². The van der Waals surface area contributed by atoms with Gasteiger partial charge in [-0.3, -0.25) is 0 Å². The third-order valence-electron chi connectivity index (χ3n) is 4.60. The zero-order valence-corrected chi connectivity index (χ0v) is 16.0. The molecule has 0 unspecified atom stereocenters. The minimum Gasteiger partial charge on any atom is -0.504 e. The van der Waals surface area contributed by atoms with Gasteiger partial charge in [-0.15, -0.1) is 0 Å². The zero-order chi connectivity index (χ0) is 18.0. The number of phenolic OH excluding ortho intramolecular Hbond substituents is 1. The average Bonchev–Trinajstić information content (AvgIpc) is 2.53. The van der Waals surface area contributed by atoms with Crippen molar-refractivity contribution in [2.45, 2.75) is 59.3 Å². The van der Waals surface area contributed by atoms with Crippen LogP contribution in [0.5, 0.6) is 11.5 Å². The first-order chi connectivity index (χ1) is 11.3. The van der Waals surface area contributed by atoms with Crippen LogP contribution in [0.1, 0.15) is 76.0 Å². The number of rotatable bonds is 5. The van der Waals surface area contributed by atoms with E-state index in [0.717, 1.165) is 5.56 Å². The molecule has 0 bridgehead atoms. The SMILES string of the molecule is COc1cc(-c2c(C(C)C)cc(C(C)C)cc2C(C)C)ccc1O. The van der Waals surface area contributed by atoms with E-state index < -0.39 is 0 Å². The highest BCUT2D eigenvalue weighted by molar-refractivity contribution is 5.75. The number of hydrogen-bond acceptors (Lipinski definition) is 2. The maximum atomic E-state index is 9.93. The molecule has 2 aromatic rings. The predicted octanol–water partition coefficient (Wildman–Crippen LogP) is 6.44. The lowest BCUT2D eigenvalue weighted by Crippen LogP contribution is -2.03. The van der Waals surface area contributed by atoms with Crippen molar-refractivity contribution < 1.29 is 9.84 Å². The van der Waals surface area contributed by atoms with Crippen molar-refractivity contribution in [2.75, 3.05) is 7.11 Å². The second-order valence-electron chi connectivity index (χ2n) is 7.43. The minimum atomic E-state index is 0.178. The summed E-state index contributed by atoms with van der Waals surface area (Å²) in [4.78, 5) is 0. The van der Waals surface area contributed by atoms with Crippen molar-refractivity contribution >= 4 is 0 Å². The molecule has 0 atom stereocenters. The molecule has 1 N–H and O–H groups in total. The summed E-state index contributed by atoms with van der Waals surface area (Å²) in [6.07, 6.45) is 0. The number of methoxy groups -OCH3 is 1. The van der Waals surface area contributed by atoms with Gasteiger partial charge in [0.2, 0.25) is 0 Å². The van der Waals surface area contributed by atoms with Gasteiger partial charge in [0.05, 0.1) is 7.11 Å². The van der Waals surface area contributed by atoms with Crippen LogP contribution in [0.15, 0.2) is 30.3 Å². The van der Waals surface area contributed by atoms with E-state index in [1.807, 2.05) is 12.1 Å². The third kappa shape index (κ3) is 3.58. The lowest BCUT2D eigenvalue weighted by molar-refractivity contribution is 0.373. The Morgan fingerprint density at radius 2 is 1.33 bits per heavy atom. The first-order valence-corrected chi connectivity index (χ1v) is 8.81. The van der Waals surface area contributed by atoms with E-state index in [-0.39, 0.29) is 5.75 Å². The van der Waals surface area contributed by atoms with Crippen LogP contribution in [0.3, 0.4) is 0 Å². The number of ether oxygens (including phenoxy) is 1. The Labute approximate surface area is 146 Å². The van der Waals surface area contributed by atoms with Crippen LogP contribution in [0, 0.1) is 0 Å². The van der Waals surface area contributed by atoms with E-state index >= 15 is 0 Å². The second-order valence-corrected chi connectivity index (χ2v) is 7.43. The monoisotopic (exact) mass is 326 g/mol. The first-order valence-electron chi connectivity index (χ1n) is 8.81. The van der Waals surface area contributed by atoms with Gasteiger partial charge in [-0.2, -0.15) is 0 Å². The third-order valence-corrected chi connectivity index (χ3v) is 4.60. The molecule has 0 spiro atoms. The first kappa shape index (κ1) is 18.4. The Morgan fingerprint density at radius 3 is 1.75 bits per heavy atom. The highest BCUT2D eigenvalue weighted by Gasteiger charge is 2.19. The standard InChI is InChI=1S/C22H30O2/c1-13(2)17-10-18(14(3)4)22(19(11-17)15(5)6)16-8-9-20(23)21(12-16)24-7/h8-15,23H,1-7H3. The molecule has 0 saturated carbocycles. The molecule has 0 radical (unpaired) electrons. The zero-order valence-electron chi connectivity index (χ0n) is 16.0. The molecular formula is C22H30O2. The van der Waals surface area contributed by atoms with Gasteiger partial charge in [-0.05, 0) is 57.7 Å². The molecule has 2 heteroatoms. The summed E-state index contributed by atoms with van der Waals surface area (Å²) in [5.41, 5.74) is 6.49. The quantitative estimate of drug-likeness (QED) is 0.685. The molecule has 130 valence electrons. The van der Waals surface area contributed by atoms with Crippen LogP contribution in [-0.4, -0.2) is 12.2 Å². The molecule has 0 fully saturated rings. The largest absolute Gasteiger partial charge is 0.504 e. The van der Waals surface area contributed by atoms with E-state index in [1.54, 1.807) is 13.2 Å². The Hall–Kier alpha value is -1.96. The van der Waals surface area contributed by atoms with E-state index in [1.165, 1.54) is 22.3 Å². The minimum absolute atomic E-state index is 0.178. The van der Waals surface area contributed by atoms with Crippen molar-refractivity contribution in [3.05, 3.63) is 47.0 Å². The van der Waals surface area contributed by atoms with Crippen LogP contribution in [0.2, 0.25) is 0 Å². The van der Waals surface area contributed by atoms with Gasteiger partial charge in [0.15, 0.2) is 11.5 Å². The number of hydrogen-bond donors (Lipinski definition) is 1. The van der Waals surface area contributed by atoms with Crippen LogP contribution in [0.4, 0.5) is 0 Å². The maximum absolute atomic E-state index is 9.93. The van der Waals surface area contributed by atoms with Gasteiger partial charge in [0, 0.05) is 0 Å². The van der Waals surface area contributed by atoms with Crippen molar-refractivity contribution in [3.8, 4) is 22.6 Å². The molecule has 2 nitrogen and oxygen atoms in total. The van der Waals surface area contributed by atoms with Gasteiger partial charge in [0.25, 0.3) is 0 Å². The average molecular weight is 326 g/mol. The molecule has 0 heterocycles. The number of phenols is 1. The van der Waals surface area contributed by atoms with Crippen LogP contribution >= 0.6 is 0 Å². The van der Waals surface area contributed by atoms with E-state index in [0.29, 0.717) is 23.5 Å². The molecule has 2 aromatic carbocycles. The summed E-state index contributed by atoms with van der Waals surface area (Å²) in [7, 11) is 1.59. The highest BCUT2D eigenvalue weighted by atomic mass is 16.5. The van der Waals surface area contributed by atoms with Crippen molar-refractivity contribution in [1.82, 2.24) is 0 Å². The van der Waals surface area contributed by atoms with E-state index in [4.69, 9.17) is 4.74 Å². The molecule has 0 aliphatic rings. The summed E-state index contributed by atoms with van der Waals surface area (Å²) >= 11 is 0. The van der Waals surface area contributed by atoms with E-state index in [9.17, 15) is 5.11 Å². The smallest absolute Gasteiger partial charge is 0.161 e. The lowest BCUT2D eigenvalue weighted by atomic mass is 9.82. The van der Waals surface area contributed by atoms with Crippen molar-refractivity contribution in [1.29, 1.82) is 0 Å². The van der Waals surface area contributed by atoms with Gasteiger partial charge in [-0.1, -0.05) is 59.7 Å². The van der Waals surface area contributed by atoms with Gasteiger partial charge in [-0.25, -0.2) is 0 Å². The molecular weight excluding hydrogens is 296 g/mol. The number of benzene rings is 2. The van der Waals surface area contributed by atoms with Crippen LogP contribution in [-0.2, 0) is 0 Å². The topological polar surface area (TPSA) is 29.5 Å². The van der Waals surface area contributed by atoms with Gasteiger partial charge in [0.1, 0.15) is 0 Å². The summed E-state index contributed by atoms with van der Waals surface area (Å²) in [6.45, 7) is 13.4. The van der Waals surface area contributed by atoms with Crippen molar-refractivity contribution in [3.63, 3.8) is 0 Å². The highest BCUT2D eigenvalue weighted by Crippen LogP contribution is 2.41. The molecule has 0 aliphatic heterocycles. The second kappa shape index (κ2) is 7.29. The molecule has 0 aliphatic carbocycles. The fourth-order valence-electron chi connectivity index (χ4n) is 3.12. The number of aromatic hydroxyl groups is 1. The van der Waals surface area contributed by atoms with Crippen LogP contribution in [0.25, 0.3) is 11.1 Å². The lowest BCUT2D eigenvalue weighted by Gasteiger charge is -2.23. The normalized spacial score (nSPS) is 11.6. The maximum Gasteiger partial charge on any atom is 0.161 e. The fourth-order valence-corrected chi connectivity index (χ4v) is 3.12. The summed E-state index contributed by atoms with van der Waals surface area (Å²) in [6, 6.07) is 10.3. The van der Waals surface area contributed by atoms with Gasteiger partial charge >= 0.3 is 0 Å². The molecule has 0 saturated heterocycles. The molecule has 0 aromatic heterocycles. The Morgan fingerprint density at radius 1 is 0.792 bits per heavy atom. The summed E-state index contributed by atoms with van der Waals surface area (Å²) in [5, 5.41) is 9.93. The fraction of sp³-hybridized carbons (Fsp3) is 0.455.